The van der Waals surface area contributed by atoms with Crippen LogP contribution in [0.1, 0.15) is 31.0 Å². The summed E-state index contributed by atoms with van der Waals surface area (Å²) >= 11 is 0. The summed E-state index contributed by atoms with van der Waals surface area (Å²) in [5, 5.41) is 3.44. The number of nitrogens with one attached hydrogen (secondary N) is 1. The van der Waals surface area contributed by atoms with E-state index in [0.717, 1.165) is 12.3 Å². The zero-order valence-corrected chi connectivity index (χ0v) is 11.4. The summed E-state index contributed by atoms with van der Waals surface area (Å²) in [7, 11) is 3.44. The van der Waals surface area contributed by atoms with E-state index in [1.54, 1.807) is 14.2 Å². The van der Waals surface area contributed by atoms with Crippen molar-refractivity contribution in [2.24, 2.45) is 0 Å². The van der Waals surface area contributed by atoms with Gasteiger partial charge in [0, 0.05) is 25.3 Å². The van der Waals surface area contributed by atoms with Crippen molar-refractivity contribution >= 4 is 0 Å². The lowest BCUT2D eigenvalue weighted by molar-refractivity contribution is 0.115. The van der Waals surface area contributed by atoms with E-state index in [4.69, 9.17) is 9.47 Å². The van der Waals surface area contributed by atoms with Crippen LogP contribution in [0.4, 0.5) is 0 Å². The van der Waals surface area contributed by atoms with Crippen molar-refractivity contribution in [2.45, 2.75) is 32.9 Å². The van der Waals surface area contributed by atoms with Gasteiger partial charge in [-0.1, -0.05) is 12.1 Å². The number of ether oxygens (including phenoxy) is 2. The Morgan fingerprint density at radius 3 is 2.53 bits per heavy atom. The van der Waals surface area contributed by atoms with Gasteiger partial charge in [0.05, 0.1) is 13.2 Å². The van der Waals surface area contributed by atoms with Crippen LogP contribution in [0.2, 0.25) is 0 Å². The summed E-state index contributed by atoms with van der Waals surface area (Å²) in [4.78, 5) is 0. The zero-order valence-electron chi connectivity index (χ0n) is 11.4. The second-order valence-electron chi connectivity index (χ2n) is 4.42. The minimum Gasteiger partial charge on any atom is -0.496 e. The highest BCUT2D eigenvalue weighted by Crippen LogP contribution is 2.25. The highest BCUT2D eigenvalue weighted by molar-refractivity contribution is 5.38. The summed E-state index contributed by atoms with van der Waals surface area (Å²) < 4.78 is 10.6. The largest absolute Gasteiger partial charge is 0.496 e. The Bertz CT molecular complexity index is 352. The molecule has 0 amide bonds. The first kappa shape index (κ1) is 14.0. The molecule has 17 heavy (non-hydrogen) atoms. The van der Waals surface area contributed by atoms with Gasteiger partial charge in [-0.3, -0.25) is 0 Å². The Kier molecular flexibility index (Phi) is 5.45. The fraction of sp³-hybridized carbons (Fsp3) is 0.571. The first-order chi connectivity index (χ1) is 8.08. The van der Waals surface area contributed by atoms with Crippen LogP contribution in [0, 0.1) is 6.92 Å². The normalized spacial score (nSPS) is 14.4. The molecule has 1 N–H and O–H groups in total. The van der Waals surface area contributed by atoms with Gasteiger partial charge in [-0.05, 0) is 32.4 Å². The highest BCUT2D eigenvalue weighted by Gasteiger charge is 2.11. The number of benzene rings is 1. The van der Waals surface area contributed by atoms with Crippen molar-refractivity contribution < 1.29 is 9.47 Å². The van der Waals surface area contributed by atoms with Crippen LogP contribution in [0.5, 0.6) is 5.75 Å². The average molecular weight is 237 g/mol. The maximum absolute atomic E-state index is 5.41. The first-order valence-corrected chi connectivity index (χ1v) is 5.99. The summed E-state index contributed by atoms with van der Waals surface area (Å²) in [6, 6.07) is 6.54. The standard InChI is InChI=1S/C14H23NO2/c1-10-6-7-13(14(8-10)17-5)12(3)15-9-11(2)16-4/h6-8,11-12,15H,9H2,1-5H3. The molecule has 1 aromatic carbocycles. The molecule has 96 valence electrons. The van der Waals surface area contributed by atoms with Gasteiger partial charge in [-0.25, -0.2) is 0 Å². The maximum Gasteiger partial charge on any atom is 0.123 e. The third-order valence-electron chi connectivity index (χ3n) is 2.97. The van der Waals surface area contributed by atoms with Crippen molar-refractivity contribution in [3.05, 3.63) is 29.3 Å². The summed E-state index contributed by atoms with van der Waals surface area (Å²) in [6.45, 7) is 7.08. The van der Waals surface area contributed by atoms with Crippen LogP contribution in [0.3, 0.4) is 0 Å². The van der Waals surface area contributed by atoms with Crippen LogP contribution in [-0.4, -0.2) is 26.9 Å². The number of hydrogen-bond donors (Lipinski definition) is 1. The molecule has 0 fully saturated rings. The van der Waals surface area contributed by atoms with E-state index in [-0.39, 0.29) is 12.1 Å². The fourth-order valence-corrected chi connectivity index (χ4v) is 1.71. The van der Waals surface area contributed by atoms with Gasteiger partial charge in [-0.2, -0.15) is 0 Å². The van der Waals surface area contributed by atoms with Gasteiger partial charge in [0.25, 0.3) is 0 Å². The topological polar surface area (TPSA) is 30.5 Å². The van der Waals surface area contributed by atoms with Crippen LogP contribution < -0.4 is 10.1 Å². The van der Waals surface area contributed by atoms with E-state index in [0.29, 0.717) is 0 Å². The Morgan fingerprint density at radius 2 is 1.94 bits per heavy atom. The van der Waals surface area contributed by atoms with Crippen molar-refractivity contribution in [1.82, 2.24) is 5.32 Å². The zero-order chi connectivity index (χ0) is 12.8. The summed E-state index contributed by atoms with van der Waals surface area (Å²) in [5.41, 5.74) is 2.39. The van der Waals surface area contributed by atoms with E-state index in [9.17, 15) is 0 Å². The van der Waals surface area contributed by atoms with E-state index < -0.39 is 0 Å². The molecule has 0 heterocycles. The lowest BCUT2D eigenvalue weighted by atomic mass is 10.0. The minimum atomic E-state index is 0.217. The molecular weight excluding hydrogens is 214 g/mol. The molecule has 1 aromatic rings. The number of hydrogen-bond acceptors (Lipinski definition) is 3. The summed E-state index contributed by atoms with van der Waals surface area (Å²) in [6.07, 6.45) is 0.217. The number of rotatable bonds is 6. The molecule has 0 saturated carbocycles. The molecule has 3 nitrogen and oxygen atoms in total. The van der Waals surface area contributed by atoms with Crippen LogP contribution in [0.15, 0.2) is 18.2 Å². The minimum absolute atomic E-state index is 0.217. The molecule has 0 aliphatic heterocycles. The van der Waals surface area contributed by atoms with Crippen LogP contribution >= 0.6 is 0 Å². The van der Waals surface area contributed by atoms with Gasteiger partial charge in [0.2, 0.25) is 0 Å². The molecule has 1 rings (SSSR count). The molecule has 2 atom stereocenters. The lowest BCUT2D eigenvalue weighted by Gasteiger charge is -2.19. The number of methoxy groups -OCH3 is 2. The van der Waals surface area contributed by atoms with Gasteiger partial charge >= 0.3 is 0 Å². The molecular formula is C14H23NO2. The molecule has 0 aliphatic carbocycles. The molecule has 0 bridgehead atoms. The first-order valence-electron chi connectivity index (χ1n) is 5.99. The third kappa shape index (κ3) is 4.02. The Hall–Kier alpha value is -1.06. The van der Waals surface area contributed by atoms with Crippen LogP contribution in [-0.2, 0) is 4.74 Å². The molecule has 0 spiro atoms. The van der Waals surface area contributed by atoms with Gasteiger partial charge < -0.3 is 14.8 Å². The van der Waals surface area contributed by atoms with Crippen molar-refractivity contribution in [3.63, 3.8) is 0 Å². The highest BCUT2D eigenvalue weighted by atomic mass is 16.5. The molecule has 0 aliphatic rings. The van der Waals surface area contributed by atoms with E-state index in [1.165, 1.54) is 11.1 Å². The lowest BCUT2D eigenvalue weighted by Crippen LogP contribution is -2.28. The second-order valence-corrected chi connectivity index (χ2v) is 4.42. The smallest absolute Gasteiger partial charge is 0.123 e. The maximum atomic E-state index is 5.41. The average Bonchev–Trinajstić information content (AvgIpc) is 2.35. The number of aryl methyl sites for hydroxylation is 1. The van der Waals surface area contributed by atoms with Crippen LogP contribution in [0.25, 0.3) is 0 Å². The predicted molar refractivity (Wildman–Crippen MR) is 70.6 cm³/mol. The SMILES string of the molecule is COc1cc(C)ccc1C(C)NCC(C)OC. The Labute approximate surface area is 104 Å². The fourth-order valence-electron chi connectivity index (χ4n) is 1.71. The van der Waals surface area contributed by atoms with Gasteiger partial charge in [0.15, 0.2) is 0 Å². The third-order valence-corrected chi connectivity index (χ3v) is 2.97. The van der Waals surface area contributed by atoms with E-state index in [1.807, 2.05) is 6.92 Å². The van der Waals surface area contributed by atoms with Gasteiger partial charge in [0.1, 0.15) is 5.75 Å². The van der Waals surface area contributed by atoms with E-state index in [2.05, 4.69) is 37.4 Å². The quantitative estimate of drug-likeness (QED) is 0.825. The monoisotopic (exact) mass is 237 g/mol. The summed E-state index contributed by atoms with van der Waals surface area (Å²) in [5.74, 6) is 0.940. The molecule has 0 radical (unpaired) electrons. The molecule has 0 saturated heterocycles. The van der Waals surface area contributed by atoms with Crippen molar-refractivity contribution in [3.8, 4) is 5.75 Å². The van der Waals surface area contributed by atoms with Crippen molar-refractivity contribution in [2.75, 3.05) is 20.8 Å². The molecule has 2 unspecified atom stereocenters. The Balaban J connectivity index is 2.71. The molecule has 3 heteroatoms. The van der Waals surface area contributed by atoms with E-state index >= 15 is 0 Å². The van der Waals surface area contributed by atoms with Crippen molar-refractivity contribution in [1.29, 1.82) is 0 Å². The Morgan fingerprint density at radius 1 is 1.24 bits per heavy atom. The predicted octanol–water partition coefficient (Wildman–Crippen LogP) is 2.69. The second kappa shape index (κ2) is 6.62. The molecule has 0 aromatic heterocycles. The van der Waals surface area contributed by atoms with Gasteiger partial charge in [-0.15, -0.1) is 0 Å².